The van der Waals surface area contributed by atoms with Crippen LogP contribution in [0.5, 0.6) is 5.75 Å². The second kappa shape index (κ2) is 11.9. The van der Waals surface area contributed by atoms with Gasteiger partial charge in [0.1, 0.15) is 11.3 Å². The van der Waals surface area contributed by atoms with E-state index in [1.54, 1.807) is 19.2 Å². The number of hydrogen-bond acceptors (Lipinski definition) is 4. The van der Waals surface area contributed by atoms with Crippen LogP contribution >= 0.6 is 24.0 Å². The van der Waals surface area contributed by atoms with Crippen LogP contribution in [0.15, 0.2) is 23.2 Å². The lowest BCUT2D eigenvalue weighted by Crippen LogP contribution is -2.37. The van der Waals surface area contributed by atoms with E-state index < -0.39 is 5.97 Å². The highest BCUT2D eigenvalue weighted by Crippen LogP contribution is 2.20. The van der Waals surface area contributed by atoms with Gasteiger partial charge in [-0.05, 0) is 30.0 Å². The third-order valence-electron chi connectivity index (χ3n) is 3.37. The van der Waals surface area contributed by atoms with Gasteiger partial charge in [0.2, 0.25) is 0 Å². The molecule has 0 saturated carbocycles. The van der Waals surface area contributed by atoms with Crippen molar-refractivity contribution >= 4 is 35.9 Å². The molecule has 0 bridgehead atoms. The van der Waals surface area contributed by atoms with Crippen LogP contribution < -0.4 is 15.4 Å². The molecule has 7 heteroatoms. The largest absolute Gasteiger partial charge is 0.496 e. The van der Waals surface area contributed by atoms with Crippen LogP contribution in [-0.2, 0) is 11.3 Å². The Morgan fingerprint density at radius 2 is 1.96 bits per heavy atom. The maximum Gasteiger partial charge on any atom is 0.341 e. The van der Waals surface area contributed by atoms with Crippen LogP contribution in [0.1, 0.15) is 36.2 Å². The molecular weight excluding hydrogens is 421 g/mol. The molecule has 0 aliphatic heterocycles. The maximum atomic E-state index is 11.8. The zero-order valence-electron chi connectivity index (χ0n) is 15.0. The fraction of sp³-hybridized carbons (Fsp3) is 0.529. The van der Waals surface area contributed by atoms with E-state index in [0.717, 1.165) is 24.5 Å². The van der Waals surface area contributed by atoms with Gasteiger partial charge in [0, 0.05) is 20.1 Å². The summed E-state index contributed by atoms with van der Waals surface area (Å²) < 4.78 is 9.97. The van der Waals surface area contributed by atoms with Crippen molar-refractivity contribution in [2.75, 3.05) is 27.8 Å². The molecule has 0 aliphatic carbocycles. The Morgan fingerprint density at radius 1 is 1.25 bits per heavy atom. The monoisotopic (exact) mass is 449 g/mol. The zero-order chi connectivity index (χ0) is 17.2. The molecule has 1 rings (SSSR count). The highest BCUT2D eigenvalue weighted by atomic mass is 127. The van der Waals surface area contributed by atoms with Gasteiger partial charge in [-0.15, -0.1) is 24.0 Å². The number of benzene rings is 1. The number of carbonyl (C=O) groups excluding carboxylic acids is 1. The number of rotatable bonds is 7. The van der Waals surface area contributed by atoms with Gasteiger partial charge in [-0.1, -0.05) is 19.9 Å². The van der Waals surface area contributed by atoms with Crippen LogP contribution in [0.4, 0.5) is 0 Å². The van der Waals surface area contributed by atoms with Crippen LogP contribution in [0.3, 0.4) is 0 Å². The van der Waals surface area contributed by atoms with Crippen LogP contribution in [-0.4, -0.2) is 39.7 Å². The number of guanidine groups is 1. The number of esters is 1. The molecule has 0 fully saturated rings. The van der Waals surface area contributed by atoms with Crippen molar-refractivity contribution in [3.63, 3.8) is 0 Å². The average Bonchev–Trinajstić information content (AvgIpc) is 2.56. The van der Waals surface area contributed by atoms with Crippen molar-refractivity contribution < 1.29 is 14.3 Å². The molecule has 0 aliphatic rings. The molecule has 6 nitrogen and oxygen atoms in total. The molecular formula is C17H28IN3O3. The second-order valence-electron chi connectivity index (χ2n) is 5.56. The molecule has 0 amide bonds. The molecule has 0 saturated heterocycles. The minimum Gasteiger partial charge on any atom is -0.496 e. The van der Waals surface area contributed by atoms with Crippen molar-refractivity contribution in [2.45, 2.75) is 26.8 Å². The summed E-state index contributed by atoms with van der Waals surface area (Å²) in [7, 11) is 4.62. The smallest absolute Gasteiger partial charge is 0.341 e. The SMILES string of the molecule is CN=C(NCCC(C)C)NCc1ccc(OC)c(C(=O)OC)c1.I. The van der Waals surface area contributed by atoms with E-state index in [1.807, 2.05) is 6.07 Å². The number of methoxy groups -OCH3 is 2. The highest BCUT2D eigenvalue weighted by molar-refractivity contribution is 14.0. The zero-order valence-corrected chi connectivity index (χ0v) is 17.3. The third kappa shape index (κ3) is 7.37. The molecule has 0 aromatic heterocycles. The number of nitrogens with zero attached hydrogens (tertiary/aromatic N) is 1. The molecule has 0 radical (unpaired) electrons. The minimum atomic E-state index is -0.414. The molecule has 1 aromatic carbocycles. The van der Waals surface area contributed by atoms with E-state index in [2.05, 4.69) is 29.5 Å². The predicted molar refractivity (Wildman–Crippen MR) is 107 cm³/mol. The lowest BCUT2D eigenvalue weighted by atomic mass is 10.1. The summed E-state index contributed by atoms with van der Waals surface area (Å²) >= 11 is 0. The number of aliphatic imine (C=N–C) groups is 1. The fourth-order valence-corrected chi connectivity index (χ4v) is 2.02. The quantitative estimate of drug-likeness (QED) is 0.290. The van der Waals surface area contributed by atoms with Crippen LogP contribution in [0.2, 0.25) is 0 Å². The van der Waals surface area contributed by atoms with Crippen LogP contribution in [0, 0.1) is 5.92 Å². The van der Waals surface area contributed by atoms with E-state index in [4.69, 9.17) is 9.47 Å². The molecule has 0 spiro atoms. The Hall–Kier alpha value is -1.51. The van der Waals surface area contributed by atoms with E-state index in [9.17, 15) is 4.79 Å². The number of carbonyl (C=O) groups is 1. The Balaban J connectivity index is 0.00000529. The summed E-state index contributed by atoms with van der Waals surface area (Å²) in [6.07, 6.45) is 1.08. The molecule has 136 valence electrons. The van der Waals surface area contributed by atoms with E-state index >= 15 is 0 Å². The van der Waals surface area contributed by atoms with E-state index in [1.165, 1.54) is 14.2 Å². The second-order valence-corrected chi connectivity index (χ2v) is 5.56. The van der Waals surface area contributed by atoms with Gasteiger partial charge < -0.3 is 20.1 Å². The normalized spacial score (nSPS) is 10.8. The van der Waals surface area contributed by atoms with Crippen molar-refractivity contribution in [1.29, 1.82) is 0 Å². The topological polar surface area (TPSA) is 72.0 Å². The first kappa shape index (κ1) is 22.5. The minimum absolute atomic E-state index is 0. The predicted octanol–water partition coefficient (Wildman–Crippen LogP) is 2.81. The van der Waals surface area contributed by atoms with Crippen molar-refractivity contribution in [1.82, 2.24) is 10.6 Å². The van der Waals surface area contributed by atoms with Crippen molar-refractivity contribution in [3.05, 3.63) is 29.3 Å². The molecule has 0 unspecified atom stereocenters. The highest BCUT2D eigenvalue weighted by Gasteiger charge is 2.13. The number of ether oxygens (including phenoxy) is 2. The lowest BCUT2D eigenvalue weighted by Gasteiger charge is -2.14. The number of halogens is 1. The van der Waals surface area contributed by atoms with Gasteiger partial charge in [-0.25, -0.2) is 4.79 Å². The first-order chi connectivity index (χ1) is 11.0. The summed E-state index contributed by atoms with van der Waals surface area (Å²) in [5, 5.41) is 6.49. The fourth-order valence-electron chi connectivity index (χ4n) is 2.02. The first-order valence-corrected chi connectivity index (χ1v) is 7.71. The Labute approximate surface area is 161 Å². The Bertz CT molecular complexity index is 548. The van der Waals surface area contributed by atoms with Gasteiger partial charge in [0.25, 0.3) is 0 Å². The van der Waals surface area contributed by atoms with Crippen molar-refractivity contribution in [2.24, 2.45) is 10.9 Å². The molecule has 24 heavy (non-hydrogen) atoms. The third-order valence-corrected chi connectivity index (χ3v) is 3.37. The Morgan fingerprint density at radius 3 is 2.50 bits per heavy atom. The molecule has 2 N–H and O–H groups in total. The van der Waals surface area contributed by atoms with Gasteiger partial charge in [0.15, 0.2) is 5.96 Å². The van der Waals surface area contributed by atoms with E-state index in [0.29, 0.717) is 23.8 Å². The van der Waals surface area contributed by atoms with Crippen LogP contribution in [0.25, 0.3) is 0 Å². The summed E-state index contributed by atoms with van der Waals surface area (Å²) in [6.45, 7) is 5.79. The molecule has 0 atom stereocenters. The lowest BCUT2D eigenvalue weighted by molar-refractivity contribution is 0.0597. The van der Waals surface area contributed by atoms with E-state index in [-0.39, 0.29) is 24.0 Å². The number of nitrogens with one attached hydrogen (secondary N) is 2. The van der Waals surface area contributed by atoms with Gasteiger partial charge in [0.05, 0.1) is 14.2 Å². The molecule has 0 heterocycles. The molecule has 1 aromatic rings. The maximum absolute atomic E-state index is 11.8. The average molecular weight is 449 g/mol. The van der Waals surface area contributed by atoms with Crippen molar-refractivity contribution in [3.8, 4) is 5.75 Å². The number of hydrogen-bond donors (Lipinski definition) is 2. The van der Waals surface area contributed by atoms with Gasteiger partial charge in [-0.2, -0.15) is 0 Å². The Kier molecular flexibility index (Phi) is 11.2. The standard InChI is InChI=1S/C17H27N3O3.HI/c1-12(2)8-9-19-17(18-3)20-11-13-6-7-15(22-4)14(10-13)16(21)23-5;/h6-7,10,12H,8-9,11H2,1-5H3,(H2,18,19,20);1H. The summed E-state index contributed by atoms with van der Waals surface area (Å²) in [5.74, 6) is 1.47. The first-order valence-electron chi connectivity index (χ1n) is 7.71. The summed E-state index contributed by atoms with van der Waals surface area (Å²) in [6, 6.07) is 5.43. The summed E-state index contributed by atoms with van der Waals surface area (Å²) in [4.78, 5) is 16.0. The van der Waals surface area contributed by atoms with Gasteiger partial charge in [-0.3, -0.25) is 4.99 Å². The summed E-state index contributed by atoms with van der Waals surface area (Å²) in [5.41, 5.74) is 1.36. The van der Waals surface area contributed by atoms with Gasteiger partial charge >= 0.3 is 5.97 Å².